The van der Waals surface area contributed by atoms with Crippen molar-refractivity contribution >= 4 is 11.8 Å². The number of unbranched alkanes of at least 4 members (excludes halogenated alkanes) is 1. The van der Waals surface area contributed by atoms with Crippen molar-refractivity contribution in [1.29, 1.82) is 0 Å². The largest absolute Gasteiger partial charge is 0.339 e. The van der Waals surface area contributed by atoms with Crippen LogP contribution in [0, 0.1) is 11.7 Å². The van der Waals surface area contributed by atoms with Gasteiger partial charge in [0.25, 0.3) is 0 Å². The van der Waals surface area contributed by atoms with E-state index in [1.165, 1.54) is 12.1 Å². The van der Waals surface area contributed by atoms with Gasteiger partial charge in [-0.05, 0) is 30.5 Å². The fraction of sp³-hybridized carbons (Fsp3) is 0.579. The van der Waals surface area contributed by atoms with Crippen LogP contribution in [0.4, 0.5) is 4.39 Å². The van der Waals surface area contributed by atoms with Gasteiger partial charge in [0.15, 0.2) is 0 Å². The van der Waals surface area contributed by atoms with Crippen molar-refractivity contribution in [1.82, 2.24) is 9.80 Å². The molecule has 0 spiro atoms. The van der Waals surface area contributed by atoms with Crippen LogP contribution in [0.5, 0.6) is 0 Å². The topological polar surface area (TPSA) is 40.6 Å². The smallest absolute Gasteiger partial charge is 0.225 e. The summed E-state index contributed by atoms with van der Waals surface area (Å²) in [4.78, 5) is 28.3. The van der Waals surface area contributed by atoms with Gasteiger partial charge in [0, 0.05) is 38.5 Å². The maximum Gasteiger partial charge on any atom is 0.225 e. The van der Waals surface area contributed by atoms with Gasteiger partial charge >= 0.3 is 0 Å². The molecule has 5 heteroatoms. The van der Waals surface area contributed by atoms with Crippen LogP contribution >= 0.6 is 0 Å². The van der Waals surface area contributed by atoms with Crippen molar-refractivity contribution in [3.63, 3.8) is 0 Å². The zero-order valence-electron chi connectivity index (χ0n) is 14.6. The van der Waals surface area contributed by atoms with Crippen LogP contribution in [-0.4, -0.2) is 47.8 Å². The molecule has 0 bridgehead atoms. The van der Waals surface area contributed by atoms with Crippen LogP contribution in [0.2, 0.25) is 0 Å². The molecular formula is C19H27FN2O2. The summed E-state index contributed by atoms with van der Waals surface area (Å²) >= 11 is 0. The van der Waals surface area contributed by atoms with Crippen molar-refractivity contribution in [2.45, 2.75) is 39.5 Å². The number of hydrogen-bond acceptors (Lipinski definition) is 2. The van der Waals surface area contributed by atoms with Crippen LogP contribution in [-0.2, 0) is 16.0 Å². The Hall–Kier alpha value is -1.91. The number of amides is 2. The van der Waals surface area contributed by atoms with Crippen molar-refractivity contribution in [3.05, 3.63) is 35.6 Å². The highest BCUT2D eigenvalue weighted by Crippen LogP contribution is 2.14. The van der Waals surface area contributed by atoms with Crippen molar-refractivity contribution < 1.29 is 14.0 Å². The number of carbonyl (C=O) groups is 2. The third-order valence-electron chi connectivity index (χ3n) is 4.56. The van der Waals surface area contributed by atoms with E-state index in [4.69, 9.17) is 0 Å². The standard InChI is InChI=1S/C19H27FN2O2/c1-3-4-5-18(23)21-10-12-22(13-11-21)19(24)15(2)14-16-6-8-17(20)9-7-16/h6-9,15H,3-5,10-14H2,1-2H3. The Morgan fingerprint density at radius 2 is 1.67 bits per heavy atom. The zero-order chi connectivity index (χ0) is 17.5. The molecular weight excluding hydrogens is 307 g/mol. The Morgan fingerprint density at radius 3 is 2.25 bits per heavy atom. The lowest BCUT2D eigenvalue weighted by molar-refractivity contribution is -0.141. The quantitative estimate of drug-likeness (QED) is 0.803. The Balaban J connectivity index is 1.81. The molecule has 1 aromatic carbocycles. The second-order valence-electron chi connectivity index (χ2n) is 6.54. The molecule has 1 fully saturated rings. The maximum atomic E-state index is 12.9. The number of piperazine rings is 1. The maximum absolute atomic E-state index is 12.9. The molecule has 1 aromatic rings. The molecule has 0 aromatic heterocycles. The van der Waals surface area contributed by atoms with Crippen LogP contribution in [0.15, 0.2) is 24.3 Å². The molecule has 1 aliphatic rings. The average Bonchev–Trinajstić information content (AvgIpc) is 2.61. The molecule has 1 heterocycles. The molecule has 1 aliphatic heterocycles. The highest BCUT2D eigenvalue weighted by atomic mass is 19.1. The molecule has 2 amide bonds. The second kappa shape index (κ2) is 8.81. The molecule has 4 nitrogen and oxygen atoms in total. The molecule has 0 radical (unpaired) electrons. The first-order chi connectivity index (χ1) is 11.5. The Bertz CT molecular complexity index is 551. The molecule has 1 atom stereocenters. The minimum atomic E-state index is -0.262. The number of benzene rings is 1. The van der Waals surface area contributed by atoms with Crippen LogP contribution in [0.25, 0.3) is 0 Å². The summed E-state index contributed by atoms with van der Waals surface area (Å²) in [6, 6.07) is 6.30. The fourth-order valence-electron chi connectivity index (χ4n) is 3.04. The third-order valence-corrected chi connectivity index (χ3v) is 4.56. The van der Waals surface area contributed by atoms with E-state index in [0.29, 0.717) is 39.0 Å². The first-order valence-corrected chi connectivity index (χ1v) is 8.82. The van der Waals surface area contributed by atoms with Crippen molar-refractivity contribution in [2.24, 2.45) is 5.92 Å². The summed E-state index contributed by atoms with van der Waals surface area (Å²) in [5.74, 6) is -0.0947. The average molecular weight is 334 g/mol. The van der Waals surface area contributed by atoms with Gasteiger partial charge in [0.05, 0.1) is 0 Å². The lowest BCUT2D eigenvalue weighted by Gasteiger charge is -2.36. The lowest BCUT2D eigenvalue weighted by atomic mass is 9.99. The molecule has 24 heavy (non-hydrogen) atoms. The third kappa shape index (κ3) is 5.05. The van der Waals surface area contributed by atoms with E-state index in [9.17, 15) is 14.0 Å². The van der Waals surface area contributed by atoms with Gasteiger partial charge < -0.3 is 9.80 Å². The second-order valence-corrected chi connectivity index (χ2v) is 6.54. The van der Waals surface area contributed by atoms with E-state index in [1.807, 2.05) is 16.7 Å². The zero-order valence-corrected chi connectivity index (χ0v) is 14.6. The normalized spacial score (nSPS) is 16.1. The molecule has 0 aliphatic carbocycles. The SMILES string of the molecule is CCCCC(=O)N1CCN(C(=O)C(C)Cc2ccc(F)cc2)CC1. The first kappa shape index (κ1) is 18.4. The summed E-state index contributed by atoms with van der Waals surface area (Å²) in [7, 11) is 0. The van der Waals surface area contributed by atoms with Gasteiger partial charge in [-0.1, -0.05) is 32.4 Å². The lowest BCUT2D eigenvalue weighted by Crippen LogP contribution is -2.51. The Labute approximate surface area is 143 Å². The molecule has 1 saturated heterocycles. The number of halogens is 1. The Kier molecular flexibility index (Phi) is 6.76. The highest BCUT2D eigenvalue weighted by molar-refractivity contribution is 5.80. The van der Waals surface area contributed by atoms with Gasteiger partial charge in [-0.25, -0.2) is 4.39 Å². The van der Waals surface area contributed by atoms with Crippen LogP contribution in [0.3, 0.4) is 0 Å². The predicted molar refractivity (Wildman–Crippen MR) is 92.0 cm³/mol. The summed E-state index contributed by atoms with van der Waals surface area (Å²) in [6.45, 7) is 6.43. The monoisotopic (exact) mass is 334 g/mol. The summed E-state index contributed by atoms with van der Waals surface area (Å²) < 4.78 is 12.9. The van der Waals surface area contributed by atoms with Gasteiger partial charge in [-0.2, -0.15) is 0 Å². The van der Waals surface area contributed by atoms with Gasteiger partial charge in [0.2, 0.25) is 11.8 Å². The van der Waals surface area contributed by atoms with E-state index < -0.39 is 0 Å². The summed E-state index contributed by atoms with van der Waals surface area (Å²) in [5.41, 5.74) is 0.964. The minimum absolute atomic E-state index is 0.111. The molecule has 1 unspecified atom stereocenters. The van der Waals surface area contributed by atoms with E-state index >= 15 is 0 Å². The van der Waals surface area contributed by atoms with Gasteiger partial charge in [-0.15, -0.1) is 0 Å². The molecule has 2 rings (SSSR count). The van der Waals surface area contributed by atoms with Crippen molar-refractivity contribution in [3.8, 4) is 0 Å². The summed E-state index contributed by atoms with van der Waals surface area (Å²) in [6.07, 6.45) is 3.15. The van der Waals surface area contributed by atoms with Gasteiger partial charge in [0.1, 0.15) is 5.82 Å². The van der Waals surface area contributed by atoms with Crippen LogP contribution < -0.4 is 0 Å². The van der Waals surface area contributed by atoms with Gasteiger partial charge in [-0.3, -0.25) is 9.59 Å². The minimum Gasteiger partial charge on any atom is -0.339 e. The number of rotatable bonds is 6. The van der Waals surface area contributed by atoms with Crippen molar-refractivity contribution in [2.75, 3.05) is 26.2 Å². The molecule has 0 N–H and O–H groups in total. The number of nitrogens with zero attached hydrogens (tertiary/aromatic N) is 2. The van der Waals surface area contributed by atoms with Crippen LogP contribution in [0.1, 0.15) is 38.7 Å². The molecule has 132 valence electrons. The number of hydrogen-bond donors (Lipinski definition) is 0. The summed E-state index contributed by atoms with van der Waals surface area (Å²) in [5, 5.41) is 0. The predicted octanol–water partition coefficient (Wildman–Crippen LogP) is 2.87. The van der Waals surface area contributed by atoms with E-state index in [2.05, 4.69) is 6.92 Å². The van der Waals surface area contributed by atoms with E-state index in [-0.39, 0.29) is 23.5 Å². The van der Waals surface area contributed by atoms with E-state index in [1.54, 1.807) is 12.1 Å². The molecule has 0 saturated carbocycles. The number of carbonyl (C=O) groups excluding carboxylic acids is 2. The Morgan fingerprint density at radius 1 is 1.08 bits per heavy atom. The highest BCUT2D eigenvalue weighted by Gasteiger charge is 2.26. The van der Waals surface area contributed by atoms with E-state index in [0.717, 1.165) is 18.4 Å². The fourth-order valence-corrected chi connectivity index (χ4v) is 3.04. The first-order valence-electron chi connectivity index (χ1n) is 8.82.